The third-order valence-electron chi connectivity index (χ3n) is 12.8. The summed E-state index contributed by atoms with van der Waals surface area (Å²) in [5.41, 5.74) is -5.06. The standard InChI is InChI=1S/C41H66FN7O9S/c1-13-30-41(8)32(49(38(53)58-41)18-15-14-17-48-23-28(44-45-48)35-43-16-19-59-35)27(5)47(11)22-24(2)21-39(6,54-12)34(26(4)33(51)40(7,42)37(52)56-30)57-36-31(50)29(46(9)10)20-25(3)55-36/h16,19,23-27,29-32,34,36,50H,13-15,17-18,20-22H2,1-12H3/t24-,25?,26+,27-,29?,30-,31?,32-,34-,36+,39-,40?,41-/m1/s1. The summed E-state index contributed by atoms with van der Waals surface area (Å²) < 4.78 is 49.8. The summed E-state index contributed by atoms with van der Waals surface area (Å²) in [4.78, 5) is 52.2. The van der Waals surface area contributed by atoms with Gasteiger partial charge in [0.25, 0.3) is 5.67 Å². The first-order chi connectivity index (χ1) is 27.7. The molecule has 16 nitrogen and oxygen atoms in total. The van der Waals surface area contributed by atoms with Crippen molar-refractivity contribution in [1.82, 2.24) is 34.7 Å². The predicted octanol–water partition coefficient (Wildman–Crippen LogP) is 4.59. The van der Waals surface area contributed by atoms with E-state index in [4.69, 9.17) is 23.7 Å². The van der Waals surface area contributed by atoms with E-state index in [1.807, 2.05) is 51.5 Å². The van der Waals surface area contributed by atoms with E-state index in [9.17, 15) is 19.5 Å². The SMILES string of the molecule is CC[C@H]1OC(=O)C(C)(F)C(=O)[C@H](C)[C@@H](O[C@@H]2OC(C)CC(N(C)C)C2O)[C@](C)(OC)C[C@@H](C)CN(C)[C@H](C)[C@H]2N(CCCCn3cc(-c4nccs4)nn3)C(=O)O[C@]12C. The number of methoxy groups -OCH3 is 1. The summed E-state index contributed by atoms with van der Waals surface area (Å²) >= 11 is 1.48. The highest BCUT2D eigenvalue weighted by Crippen LogP contribution is 2.42. The molecule has 1 N–H and O–H groups in total. The Morgan fingerprint density at radius 3 is 2.42 bits per heavy atom. The summed E-state index contributed by atoms with van der Waals surface area (Å²) in [6, 6.07) is -1.27. The summed E-state index contributed by atoms with van der Waals surface area (Å²) in [6.45, 7) is 15.1. The number of aliphatic hydroxyl groups is 1. The fourth-order valence-corrected chi connectivity index (χ4v) is 10.0. The van der Waals surface area contributed by atoms with Gasteiger partial charge in [-0.1, -0.05) is 26.0 Å². The van der Waals surface area contributed by atoms with E-state index in [1.165, 1.54) is 25.4 Å². The Labute approximate surface area is 352 Å². The number of esters is 1. The van der Waals surface area contributed by atoms with Gasteiger partial charge in [-0.05, 0) is 93.8 Å². The lowest BCUT2D eigenvalue weighted by molar-refractivity contribution is -0.295. The number of ether oxygens (including phenoxy) is 5. The number of amides is 1. The van der Waals surface area contributed by atoms with Gasteiger partial charge in [0, 0.05) is 56.3 Å². The van der Waals surface area contributed by atoms with Crippen LogP contribution in [0.2, 0.25) is 0 Å². The van der Waals surface area contributed by atoms with Crippen molar-refractivity contribution in [1.29, 1.82) is 0 Å². The first-order valence-electron chi connectivity index (χ1n) is 20.8. The Bertz CT molecular complexity index is 1730. The number of halogens is 1. The van der Waals surface area contributed by atoms with E-state index in [0.29, 0.717) is 51.0 Å². The molecule has 5 rings (SSSR count). The lowest BCUT2D eigenvalue weighted by atomic mass is 9.77. The lowest BCUT2D eigenvalue weighted by Crippen LogP contribution is -2.61. The van der Waals surface area contributed by atoms with Gasteiger partial charge in [-0.15, -0.1) is 16.4 Å². The zero-order valence-electron chi connectivity index (χ0n) is 36.8. The number of aryl methyl sites for hydroxylation is 1. The number of Topliss-reactive ketones (excluding diaryl/α,β-unsaturated/α-hetero) is 1. The Kier molecular flexibility index (Phi) is 15.0. The van der Waals surface area contributed by atoms with E-state index in [1.54, 1.807) is 36.5 Å². The molecule has 3 fully saturated rings. The Balaban J connectivity index is 1.44. The summed E-state index contributed by atoms with van der Waals surface area (Å²) in [5, 5.41) is 22.6. The van der Waals surface area contributed by atoms with Crippen molar-refractivity contribution < 1.29 is 47.6 Å². The van der Waals surface area contributed by atoms with Crippen molar-refractivity contribution in [2.75, 3.05) is 41.3 Å². The monoisotopic (exact) mass is 851 g/mol. The van der Waals surface area contributed by atoms with Gasteiger partial charge in [-0.2, -0.15) is 0 Å². The second-order valence-corrected chi connectivity index (χ2v) is 18.6. The van der Waals surface area contributed by atoms with E-state index < -0.39 is 71.3 Å². The number of hydrogen-bond acceptors (Lipinski definition) is 15. The summed E-state index contributed by atoms with van der Waals surface area (Å²) in [6.07, 6.45) is 0.557. The maximum atomic E-state index is 17.0. The van der Waals surface area contributed by atoms with Crippen LogP contribution in [0.5, 0.6) is 0 Å². The molecule has 0 saturated carbocycles. The molecule has 2 aromatic heterocycles. The van der Waals surface area contributed by atoms with Gasteiger partial charge in [0.1, 0.15) is 22.9 Å². The minimum atomic E-state index is -3.13. The van der Waals surface area contributed by atoms with Gasteiger partial charge >= 0.3 is 12.1 Å². The van der Waals surface area contributed by atoms with Crippen LogP contribution in [0.3, 0.4) is 0 Å². The smallest absolute Gasteiger partial charge is 0.410 e. The molecule has 1 amide bonds. The second-order valence-electron chi connectivity index (χ2n) is 17.7. The van der Waals surface area contributed by atoms with Gasteiger partial charge in [0.05, 0.1) is 30.0 Å². The van der Waals surface area contributed by atoms with Crippen LogP contribution >= 0.6 is 11.3 Å². The molecule has 5 heterocycles. The third-order valence-corrected chi connectivity index (χ3v) is 13.6. The highest BCUT2D eigenvalue weighted by atomic mass is 32.1. The number of ketones is 1. The van der Waals surface area contributed by atoms with Crippen molar-refractivity contribution in [3.63, 3.8) is 0 Å². The van der Waals surface area contributed by atoms with Crippen LogP contribution in [0.15, 0.2) is 17.8 Å². The highest BCUT2D eigenvalue weighted by Gasteiger charge is 2.61. The lowest BCUT2D eigenvalue weighted by Gasteiger charge is -2.47. The predicted molar refractivity (Wildman–Crippen MR) is 218 cm³/mol. The van der Waals surface area contributed by atoms with E-state index in [2.05, 4.69) is 27.1 Å². The van der Waals surface area contributed by atoms with Crippen molar-refractivity contribution in [3.8, 4) is 10.7 Å². The number of aliphatic hydroxyl groups excluding tert-OH is 1. The van der Waals surface area contributed by atoms with Crippen molar-refractivity contribution >= 4 is 29.2 Å². The molecule has 0 aromatic carbocycles. The number of nitrogens with zero attached hydrogens (tertiary/aromatic N) is 7. The van der Waals surface area contributed by atoms with Crippen LogP contribution in [0.25, 0.3) is 10.7 Å². The van der Waals surface area contributed by atoms with Crippen LogP contribution in [0.4, 0.5) is 9.18 Å². The number of aromatic nitrogens is 4. The van der Waals surface area contributed by atoms with E-state index in [0.717, 1.165) is 11.9 Å². The van der Waals surface area contributed by atoms with Gasteiger partial charge < -0.3 is 38.6 Å². The molecule has 3 aliphatic heterocycles. The number of cyclic esters (lactones) is 1. The number of carbonyl (C=O) groups excluding carboxylic acids is 3. The van der Waals surface area contributed by atoms with Crippen LogP contribution in [-0.4, -0.2) is 165 Å². The molecule has 0 radical (unpaired) electrons. The Morgan fingerprint density at radius 1 is 1.10 bits per heavy atom. The van der Waals surface area contributed by atoms with Crippen molar-refractivity contribution in [2.45, 2.75) is 160 Å². The van der Waals surface area contributed by atoms with Gasteiger partial charge in [-0.25, -0.2) is 19.0 Å². The Hall–Kier alpha value is -3.13. The molecule has 18 heteroatoms. The molecule has 0 spiro atoms. The largest absolute Gasteiger partial charge is 0.455 e. The highest BCUT2D eigenvalue weighted by molar-refractivity contribution is 7.13. The maximum absolute atomic E-state index is 17.0. The van der Waals surface area contributed by atoms with Crippen LogP contribution < -0.4 is 0 Å². The number of fused-ring (bicyclic) bond motifs is 1. The zero-order valence-corrected chi connectivity index (χ0v) is 37.6. The molecule has 4 unspecified atom stereocenters. The fraction of sp³-hybridized carbons (Fsp3) is 0.805. The molecular formula is C41H66FN7O9S. The molecule has 0 bridgehead atoms. The first kappa shape index (κ1) is 46.9. The van der Waals surface area contributed by atoms with Gasteiger partial charge in [0.15, 0.2) is 17.7 Å². The normalized spacial score (nSPS) is 38.2. The summed E-state index contributed by atoms with van der Waals surface area (Å²) in [7, 11) is 7.19. The minimum Gasteiger partial charge on any atom is -0.455 e. The topological polar surface area (TPSA) is 171 Å². The molecule has 3 aliphatic rings. The average Bonchev–Trinajstić information content (AvgIpc) is 3.94. The molecule has 332 valence electrons. The van der Waals surface area contributed by atoms with Gasteiger partial charge in [0.2, 0.25) is 0 Å². The fourth-order valence-electron chi connectivity index (χ4n) is 9.44. The number of carbonyl (C=O) groups is 3. The minimum absolute atomic E-state index is 0.0946. The van der Waals surface area contributed by atoms with Crippen molar-refractivity contribution in [3.05, 3.63) is 17.8 Å². The van der Waals surface area contributed by atoms with E-state index >= 15 is 4.39 Å². The molecule has 13 atom stereocenters. The average molecular weight is 852 g/mol. The van der Waals surface area contributed by atoms with Crippen LogP contribution in [0.1, 0.15) is 87.5 Å². The quantitative estimate of drug-likeness (QED) is 0.189. The maximum Gasteiger partial charge on any atom is 0.410 e. The number of hydrogen-bond donors (Lipinski definition) is 1. The van der Waals surface area contributed by atoms with Crippen molar-refractivity contribution in [2.24, 2.45) is 11.8 Å². The third kappa shape index (κ3) is 9.84. The van der Waals surface area contributed by atoms with E-state index in [-0.39, 0.29) is 30.5 Å². The molecule has 2 aromatic rings. The number of alkyl halides is 1. The molecule has 3 saturated heterocycles. The van der Waals surface area contributed by atoms with Crippen LogP contribution in [-0.2, 0) is 39.8 Å². The number of rotatable bonds is 11. The number of likely N-dealkylation sites (N-methyl/N-ethyl adjacent to an activating group) is 2. The summed E-state index contributed by atoms with van der Waals surface area (Å²) in [5.74, 6) is -3.82. The molecule has 59 heavy (non-hydrogen) atoms. The molecule has 0 aliphatic carbocycles. The number of thiazole rings is 1. The first-order valence-corrected chi connectivity index (χ1v) is 21.7. The Morgan fingerprint density at radius 2 is 1.80 bits per heavy atom. The number of unbranched alkanes of at least 4 members (excludes halogenated alkanes) is 1. The van der Waals surface area contributed by atoms with Crippen LogP contribution in [0, 0.1) is 11.8 Å². The molecular weight excluding hydrogens is 786 g/mol. The van der Waals surface area contributed by atoms with Gasteiger partial charge in [-0.3, -0.25) is 14.4 Å². The zero-order chi connectivity index (χ0) is 43.6. The second kappa shape index (κ2) is 18.9.